The first-order valence-electron chi connectivity index (χ1n) is 3.97. The van der Waals surface area contributed by atoms with Crippen molar-refractivity contribution in [3.63, 3.8) is 0 Å². The Kier molecular flexibility index (Phi) is 3.23. The van der Waals surface area contributed by atoms with Crippen LogP contribution in [0.2, 0.25) is 0 Å². The van der Waals surface area contributed by atoms with Gasteiger partial charge in [0.25, 0.3) is 0 Å². The average molecular weight is 175 g/mol. The van der Waals surface area contributed by atoms with Gasteiger partial charge in [0.1, 0.15) is 5.82 Å². The zero-order chi connectivity index (χ0) is 8.23. The fourth-order valence-electron chi connectivity index (χ4n) is 1.18. The minimum Gasteiger partial charge on any atom is -0.348 e. The van der Waals surface area contributed by atoms with Crippen LogP contribution >= 0.6 is 0 Å². The third kappa shape index (κ3) is 2.42. The molecule has 2 rings (SSSR count). The van der Waals surface area contributed by atoms with Crippen molar-refractivity contribution in [3.8, 4) is 0 Å². The van der Waals surface area contributed by atoms with Crippen molar-refractivity contribution in [1.82, 2.24) is 16.1 Å². The number of aromatic amines is 1. The molecule has 0 fully saturated rings. The largest absolute Gasteiger partial charge is 0.348 e. The number of aromatic nitrogens is 2. The number of H-pyrrole nitrogens is 1. The quantitative estimate of drug-likeness (QED) is 0.734. The van der Waals surface area contributed by atoms with Crippen LogP contribution in [0.5, 0.6) is 0 Å². The third-order valence-electron chi connectivity index (χ3n) is 1.77. The normalized spacial score (nSPS) is 9.23. The first-order chi connectivity index (χ1) is 5.95. The van der Waals surface area contributed by atoms with Gasteiger partial charge >= 0.3 is 0 Å². The maximum Gasteiger partial charge on any atom is 0.110 e. The molecule has 0 unspecified atom stereocenters. The molecule has 0 radical (unpaired) electrons. The highest BCUT2D eigenvalue weighted by Gasteiger charge is 1.95. The van der Waals surface area contributed by atoms with Crippen LogP contribution < -0.4 is 6.15 Å². The Morgan fingerprint density at radius 3 is 2.54 bits per heavy atom. The Hall–Kier alpha value is -1.61. The molecule has 0 aliphatic rings. The van der Waals surface area contributed by atoms with Crippen molar-refractivity contribution in [2.75, 3.05) is 0 Å². The summed E-state index contributed by atoms with van der Waals surface area (Å²) >= 11 is 0. The number of hydrogen-bond acceptors (Lipinski definition) is 2. The minimum absolute atomic E-state index is 0. The van der Waals surface area contributed by atoms with E-state index in [-0.39, 0.29) is 6.15 Å². The van der Waals surface area contributed by atoms with Gasteiger partial charge in [0, 0.05) is 18.8 Å². The van der Waals surface area contributed by atoms with E-state index >= 15 is 0 Å². The highest BCUT2D eigenvalue weighted by Crippen LogP contribution is 2.03. The van der Waals surface area contributed by atoms with Crippen molar-refractivity contribution >= 4 is 0 Å². The molecule has 13 heavy (non-hydrogen) atoms. The van der Waals surface area contributed by atoms with Gasteiger partial charge in [0.2, 0.25) is 0 Å². The zero-order valence-corrected chi connectivity index (χ0v) is 7.40. The summed E-state index contributed by atoms with van der Waals surface area (Å²) in [6.07, 6.45) is 4.50. The summed E-state index contributed by atoms with van der Waals surface area (Å²) in [5.74, 6) is 1.02. The maximum atomic E-state index is 4.16. The fraction of sp³-hybridized carbons (Fsp3) is 0.100. The van der Waals surface area contributed by atoms with E-state index in [2.05, 4.69) is 22.1 Å². The molecule has 4 N–H and O–H groups in total. The number of rotatable bonds is 2. The molecule has 0 bridgehead atoms. The smallest absolute Gasteiger partial charge is 0.110 e. The van der Waals surface area contributed by atoms with Crippen LogP contribution in [-0.2, 0) is 6.42 Å². The molecule has 0 saturated heterocycles. The van der Waals surface area contributed by atoms with E-state index in [4.69, 9.17) is 0 Å². The van der Waals surface area contributed by atoms with E-state index in [9.17, 15) is 0 Å². The molecular weight excluding hydrogens is 162 g/mol. The van der Waals surface area contributed by atoms with Gasteiger partial charge in [0.05, 0.1) is 0 Å². The van der Waals surface area contributed by atoms with Gasteiger partial charge < -0.3 is 11.1 Å². The number of nitrogens with one attached hydrogen (secondary N) is 1. The molecule has 0 spiro atoms. The van der Waals surface area contributed by atoms with Gasteiger partial charge in [-0.1, -0.05) is 30.3 Å². The number of nitrogens with zero attached hydrogens (tertiary/aromatic N) is 1. The number of imidazole rings is 1. The summed E-state index contributed by atoms with van der Waals surface area (Å²) in [5.41, 5.74) is 1.28. The van der Waals surface area contributed by atoms with E-state index < -0.39 is 0 Å². The van der Waals surface area contributed by atoms with Crippen molar-refractivity contribution in [1.29, 1.82) is 0 Å². The first kappa shape index (κ1) is 9.48. The Morgan fingerprint density at radius 2 is 1.92 bits per heavy atom. The molecule has 0 aliphatic carbocycles. The van der Waals surface area contributed by atoms with E-state index in [1.807, 2.05) is 24.4 Å². The lowest BCUT2D eigenvalue weighted by Crippen LogP contribution is -1.89. The van der Waals surface area contributed by atoms with E-state index in [1.54, 1.807) is 6.20 Å². The molecular formula is C10H13N3. The van der Waals surface area contributed by atoms with Crippen LogP contribution in [0, 0.1) is 0 Å². The second-order valence-electron chi connectivity index (χ2n) is 2.70. The summed E-state index contributed by atoms with van der Waals surface area (Å²) in [7, 11) is 0. The molecule has 1 heterocycles. The molecule has 0 atom stereocenters. The lowest BCUT2D eigenvalue weighted by Gasteiger charge is -1.95. The molecule has 3 heteroatoms. The van der Waals surface area contributed by atoms with Crippen LogP contribution in [0.1, 0.15) is 11.4 Å². The SMILES string of the molecule is N.c1ccc(Cc2ncc[nH]2)cc1. The Morgan fingerprint density at radius 1 is 1.15 bits per heavy atom. The summed E-state index contributed by atoms with van der Waals surface area (Å²) in [5, 5.41) is 0. The standard InChI is InChI=1S/C10H10N2.H3N/c1-2-4-9(5-3-1)8-10-11-6-7-12-10;/h1-7H,8H2,(H,11,12);1H3. The lowest BCUT2D eigenvalue weighted by atomic mass is 10.1. The maximum absolute atomic E-state index is 4.16. The second kappa shape index (κ2) is 4.42. The monoisotopic (exact) mass is 175 g/mol. The topological polar surface area (TPSA) is 63.7 Å². The predicted molar refractivity (Wildman–Crippen MR) is 52.9 cm³/mol. The van der Waals surface area contributed by atoms with Crippen LogP contribution in [-0.4, -0.2) is 9.97 Å². The van der Waals surface area contributed by atoms with Crippen LogP contribution in [0.15, 0.2) is 42.7 Å². The highest BCUT2D eigenvalue weighted by atomic mass is 14.9. The van der Waals surface area contributed by atoms with Crippen LogP contribution in [0.3, 0.4) is 0 Å². The van der Waals surface area contributed by atoms with Gasteiger partial charge in [0.15, 0.2) is 0 Å². The Balaban J connectivity index is 0.000000845. The summed E-state index contributed by atoms with van der Waals surface area (Å²) in [6, 6.07) is 10.3. The molecule has 0 aliphatic heterocycles. The number of hydrogen-bond donors (Lipinski definition) is 2. The summed E-state index contributed by atoms with van der Waals surface area (Å²) in [4.78, 5) is 7.23. The molecule has 0 amide bonds. The molecule has 0 saturated carbocycles. The van der Waals surface area contributed by atoms with E-state index in [0.717, 1.165) is 12.2 Å². The number of benzene rings is 1. The lowest BCUT2D eigenvalue weighted by molar-refractivity contribution is 1.03. The van der Waals surface area contributed by atoms with Gasteiger partial charge in [-0.2, -0.15) is 0 Å². The molecule has 1 aromatic carbocycles. The van der Waals surface area contributed by atoms with E-state index in [1.165, 1.54) is 5.56 Å². The summed E-state index contributed by atoms with van der Waals surface area (Å²) in [6.45, 7) is 0. The van der Waals surface area contributed by atoms with Crippen molar-refractivity contribution in [3.05, 3.63) is 54.1 Å². The van der Waals surface area contributed by atoms with Crippen LogP contribution in [0.25, 0.3) is 0 Å². The third-order valence-corrected chi connectivity index (χ3v) is 1.77. The zero-order valence-electron chi connectivity index (χ0n) is 7.40. The van der Waals surface area contributed by atoms with Gasteiger partial charge in [-0.3, -0.25) is 0 Å². The Bertz CT molecular complexity index is 326. The average Bonchev–Trinajstić information content (AvgIpc) is 2.59. The van der Waals surface area contributed by atoms with Crippen LogP contribution in [0.4, 0.5) is 0 Å². The molecule has 3 nitrogen and oxygen atoms in total. The molecule has 2 aromatic rings. The summed E-state index contributed by atoms with van der Waals surface area (Å²) < 4.78 is 0. The van der Waals surface area contributed by atoms with Gasteiger partial charge in [-0.05, 0) is 5.56 Å². The Labute approximate surface area is 77.4 Å². The van der Waals surface area contributed by atoms with Crippen molar-refractivity contribution < 1.29 is 0 Å². The first-order valence-corrected chi connectivity index (χ1v) is 3.97. The minimum atomic E-state index is 0. The van der Waals surface area contributed by atoms with Gasteiger partial charge in [-0.15, -0.1) is 0 Å². The van der Waals surface area contributed by atoms with E-state index in [0.29, 0.717) is 0 Å². The predicted octanol–water partition coefficient (Wildman–Crippen LogP) is 2.16. The van der Waals surface area contributed by atoms with Crippen molar-refractivity contribution in [2.24, 2.45) is 0 Å². The second-order valence-corrected chi connectivity index (χ2v) is 2.70. The van der Waals surface area contributed by atoms with Crippen molar-refractivity contribution in [2.45, 2.75) is 6.42 Å². The molecule has 68 valence electrons. The fourth-order valence-corrected chi connectivity index (χ4v) is 1.18. The molecule has 1 aromatic heterocycles. The highest BCUT2D eigenvalue weighted by molar-refractivity contribution is 5.18. The van der Waals surface area contributed by atoms with Gasteiger partial charge in [-0.25, -0.2) is 4.98 Å².